The van der Waals surface area contributed by atoms with Crippen molar-refractivity contribution >= 4 is 5.97 Å². The Morgan fingerprint density at radius 3 is 2.60 bits per heavy atom. The lowest BCUT2D eigenvalue weighted by Crippen LogP contribution is -2.05. The molecule has 0 saturated carbocycles. The highest BCUT2D eigenvalue weighted by molar-refractivity contribution is 5.70. The molecule has 0 aromatic carbocycles. The standard InChI is InChI=1S/C8H6O2/c9-8(10)4-6-3-5-1-2-7(5)6/h1-3H,4H2,(H,9,10). The monoisotopic (exact) mass is 134 g/mol. The van der Waals surface area contributed by atoms with Crippen LogP contribution in [0.3, 0.4) is 0 Å². The molecule has 10 heavy (non-hydrogen) atoms. The molecule has 0 saturated heterocycles. The van der Waals surface area contributed by atoms with Crippen LogP contribution in [0.15, 0.2) is 18.2 Å². The van der Waals surface area contributed by atoms with E-state index in [-0.39, 0.29) is 6.42 Å². The predicted molar refractivity (Wildman–Crippen MR) is 35.5 cm³/mol. The minimum Gasteiger partial charge on any atom is -0.481 e. The molecule has 0 aliphatic heterocycles. The Hall–Kier alpha value is -1.31. The lowest BCUT2D eigenvalue weighted by Gasteiger charge is -2.07. The van der Waals surface area contributed by atoms with Crippen LogP contribution in [0.25, 0.3) is 0 Å². The van der Waals surface area contributed by atoms with E-state index in [4.69, 9.17) is 5.11 Å². The minimum absolute atomic E-state index is 0.170. The van der Waals surface area contributed by atoms with Crippen LogP contribution in [0.4, 0.5) is 0 Å². The Balaban J connectivity index is 2.27. The Labute approximate surface area is 57.4 Å². The first-order valence-electron chi connectivity index (χ1n) is 3.12. The summed E-state index contributed by atoms with van der Waals surface area (Å²) in [6.45, 7) is 0. The molecule has 2 heteroatoms. The van der Waals surface area contributed by atoms with E-state index in [1.54, 1.807) is 0 Å². The van der Waals surface area contributed by atoms with Gasteiger partial charge in [0.25, 0.3) is 0 Å². The van der Waals surface area contributed by atoms with Crippen LogP contribution in [-0.4, -0.2) is 11.1 Å². The van der Waals surface area contributed by atoms with E-state index in [9.17, 15) is 4.79 Å². The summed E-state index contributed by atoms with van der Waals surface area (Å²) in [5.41, 5.74) is 0.963. The molecule has 2 rings (SSSR count). The van der Waals surface area contributed by atoms with Gasteiger partial charge in [0.1, 0.15) is 0 Å². The number of aliphatic carboxylic acids is 1. The van der Waals surface area contributed by atoms with Crippen LogP contribution in [-0.2, 0) is 11.2 Å². The zero-order valence-electron chi connectivity index (χ0n) is 5.29. The lowest BCUT2D eigenvalue weighted by molar-refractivity contribution is -0.136. The van der Waals surface area contributed by atoms with Crippen molar-refractivity contribution in [3.8, 4) is 0 Å². The molecular weight excluding hydrogens is 128 g/mol. The minimum atomic E-state index is -0.752. The third-order valence-corrected chi connectivity index (χ3v) is 1.76. The summed E-state index contributed by atoms with van der Waals surface area (Å²) in [5.74, 6) is -0.752. The van der Waals surface area contributed by atoms with Crippen LogP contribution >= 0.6 is 0 Å². The van der Waals surface area contributed by atoms with Gasteiger partial charge in [-0.3, -0.25) is 4.79 Å². The molecule has 0 bridgehead atoms. The summed E-state index contributed by atoms with van der Waals surface area (Å²) < 4.78 is 0. The van der Waals surface area contributed by atoms with E-state index in [2.05, 4.69) is 0 Å². The fraction of sp³-hybridized carbons (Fsp3) is 0.125. The first kappa shape index (κ1) is 5.47. The van der Waals surface area contributed by atoms with Gasteiger partial charge in [-0.2, -0.15) is 0 Å². The van der Waals surface area contributed by atoms with E-state index in [1.807, 2.05) is 18.2 Å². The lowest BCUT2D eigenvalue weighted by atomic mass is 9.97. The van der Waals surface area contributed by atoms with Crippen LogP contribution < -0.4 is 0 Å². The SMILES string of the molecule is O=C(O)Cc1cc2ccc1=2. The molecule has 2 aliphatic rings. The molecule has 0 spiro atoms. The number of carbonyl (C=O) groups is 1. The Kier molecular flexibility index (Phi) is 0.873. The third-order valence-electron chi connectivity index (χ3n) is 1.76. The molecule has 0 radical (unpaired) electrons. The van der Waals surface area contributed by atoms with E-state index in [0.29, 0.717) is 0 Å². The molecule has 50 valence electrons. The predicted octanol–water partition coefficient (Wildman–Crippen LogP) is 0.914. The zero-order chi connectivity index (χ0) is 7.14. The Bertz CT molecular complexity index is 379. The molecule has 0 unspecified atom stereocenters. The Morgan fingerprint density at radius 2 is 2.30 bits per heavy atom. The topological polar surface area (TPSA) is 37.3 Å². The second-order valence-electron chi connectivity index (χ2n) is 2.44. The highest BCUT2D eigenvalue weighted by Gasteiger charge is 2.08. The summed E-state index contributed by atoms with van der Waals surface area (Å²) in [5, 5.41) is 10.7. The number of rotatable bonds is 2. The van der Waals surface area contributed by atoms with Crippen LogP contribution in [0.2, 0.25) is 0 Å². The highest BCUT2D eigenvalue weighted by Crippen LogP contribution is 2.15. The van der Waals surface area contributed by atoms with Gasteiger partial charge in [0.05, 0.1) is 6.42 Å². The first-order valence-corrected chi connectivity index (χ1v) is 3.12. The van der Waals surface area contributed by atoms with E-state index in [1.165, 1.54) is 5.22 Å². The molecule has 0 amide bonds. The van der Waals surface area contributed by atoms with Crippen LogP contribution in [0.5, 0.6) is 0 Å². The number of carboxylic acid groups (broad SMARTS) is 1. The van der Waals surface area contributed by atoms with Gasteiger partial charge in [-0.1, -0.05) is 12.1 Å². The first-order chi connectivity index (χ1) is 4.77. The van der Waals surface area contributed by atoms with Crippen molar-refractivity contribution in [2.24, 2.45) is 0 Å². The Morgan fingerprint density at radius 1 is 1.50 bits per heavy atom. The van der Waals surface area contributed by atoms with Gasteiger partial charge in [-0.05, 0) is 22.1 Å². The molecule has 0 aromatic rings. The molecule has 0 aromatic heterocycles. The van der Waals surface area contributed by atoms with Crippen molar-refractivity contribution < 1.29 is 9.90 Å². The molecule has 0 atom stereocenters. The van der Waals surface area contributed by atoms with Gasteiger partial charge in [0.2, 0.25) is 0 Å². The van der Waals surface area contributed by atoms with E-state index < -0.39 is 5.97 Å². The number of benzene rings is 1. The smallest absolute Gasteiger partial charge is 0.307 e. The normalized spacial score (nSPS) is 11.2. The maximum absolute atomic E-state index is 10.2. The summed E-state index contributed by atoms with van der Waals surface area (Å²) in [6.07, 6.45) is 0.170. The van der Waals surface area contributed by atoms with Crippen molar-refractivity contribution in [3.63, 3.8) is 0 Å². The number of hydrogen-bond donors (Lipinski definition) is 1. The van der Waals surface area contributed by atoms with Crippen molar-refractivity contribution in [2.45, 2.75) is 6.42 Å². The summed E-state index contributed by atoms with van der Waals surface area (Å²) in [6, 6.07) is 5.86. The molecular formula is C8H6O2. The second-order valence-corrected chi connectivity index (χ2v) is 2.44. The van der Waals surface area contributed by atoms with Gasteiger partial charge in [-0.25, -0.2) is 0 Å². The maximum atomic E-state index is 10.2. The van der Waals surface area contributed by atoms with Crippen molar-refractivity contribution in [3.05, 3.63) is 34.2 Å². The number of carboxylic acids is 1. The summed E-state index contributed by atoms with van der Waals surface area (Å²) in [7, 11) is 0. The molecule has 0 fully saturated rings. The largest absolute Gasteiger partial charge is 0.481 e. The van der Waals surface area contributed by atoms with Crippen molar-refractivity contribution in [1.82, 2.24) is 0 Å². The van der Waals surface area contributed by atoms with E-state index in [0.717, 1.165) is 10.8 Å². The quantitative estimate of drug-likeness (QED) is 0.663. The van der Waals surface area contributed by atoms with Crippen LogP contribution in [0.1, 0.15) is 5.56 Å². The third kappa shape index (κ3) is 0.559. The average molecular weight is 134 g/mol. The molecule has 0 heterocycles. The van der Waals surface area contributed by atoms with Crippen molar-refractivity contribution in [1.29, 1.82) is 0 Å². The summed E-state index contributed by atoms with van der Waals surface area (Å²) >= 11 is 0. The molecule has 1 N–H and O–H groups in total. The van der Waals surface area contributed by atoms with Gasteiger partial charge >= 0.3 is 5.97 Å². The van der Waals surface area contributed by atoms with Crippen molar-refractivity contribution in [2.75, 3.05) is 0 Å². The van der Waals surface area contributed by atoms with Gasteiger partial charge in [0.15, 0.2) is 0 Å². The summed E-state index contributed by atoms with van der Waals surface area (Å²) in [4.78, 5) is 10.2. The van der Waals surface area contributed by atoms with Gasteiger partial charge in [-0.15, -0.1) is 0 Å². The average Bonchev–Trinajstić information content (AvgIpc) is 1.80. The van der Waals surface area contributed by atoms with Crippen LogP contribution in [0, 0.1) is 10.4 Å². The molecule has 2 aliphatic carbocycles. The zero-order valence-corrected chi connectivity index (χ0v) is 5.29. The highest BCUT2D eigenvalue weighted by atomic mass is 16.4. The van der Waals surface area contributed by atoms with Gasteiger partial charge in [0, 0.05) is 0 Å². The molecule has 2 nitrogen and oxygen atoms in total. The number of hydrogen-bond acceptors (Lipinski definition) is 1. The fourth-order valence-corrected chi connectivity index (χ4v) is 1.18. The maximum Gasteiger partial charge on any atom is 0.307 e. The van der Waals surface area contributed by atoms with E-state index >= 15 is 0 Å². The second kappa shape index (κ2) is 1.59. The fourth-order valence-electron chi connectivity index (χ4n) is 1.18. The van der Waals surface area contributed by atoms with Gasteiger partial charge < -0.3 is 5.11 Å².